The van der Waals surface area contributed by atoms with Gasteiger partial charge in [0.05, 0.1) is 22.6 Å². The Morgan fingerprint density at radius 3 is 2.26 bits per heavy atom. The lowest BCUT2D eigenvalue weighted by Gasteiger charge is -2.33. The number of ether oxygens (including phenoxy) is 1. The third kappa shape index (κ3) is 8.07. The van der Waals surface area contributed by atoms with Crippen molar-refractivity contribution in [3.8, 4) is 5.75 Å². The maximum Gasteiger partial charge on any atom is 0.273 e. The summed E-state index contributed by atoms with van der Waals surface area (Å²) in [6.45, 7) is 4.66. The van der Waals surface area contributed by atoms with Crippen LogP contribution in [0.25, 0.3) is 0 Å². The van der Waals surface area contributed by atoms with E-state index in [-0.39, 0.29) is 29.1 Å². The van der Waals surface area contributed by atoms with Gasteiger partial charge in [0.1, 0.15) is 24.2 Å². The summed E-state index contributed by atoms with van der Waals surface area (Å²) < 4.78 is 47.7. The third-order valence-electron chi connectivity index (χ3n) is 6.81. The minimum atomic E-state index is -4.53. The number of rotatable bonds is 14. The largest absolute Gasteiger partial charge is 0.497 e. The van der Waals surface area contributed by atoms with Gasteiger partial charge in [0.15, 0.2) is 0 Å². The molecule has 0 fully saturated rings. The van der Waals surface area contributed by atoms with Crippen molar-refractivity contribution in [1.29, 1.82) is 0 Å². The van der Waals surface area contributed by atoms with E-state index >= 15 is 0 Å². The fourth-order valence-corrected chi connectivity index (χ4v) is 5.86. The van der Waals surface area contributed by atoms with E-state index in [2.05, 4.69) is 5.32 Å². The molecule has 0 aliphatic rings. The Morgan fingerprint density at radius 2 is 1.70 bits per heavy atom. The molecule has 3 rings (SSSR count). The van der Waals surface area contributed by atoms with Crippen molar-refractivity contribution in [2.75, 3.05) is 24.5 Å². The molecular formula is C30H35FN4O7S. The molecule has 0 aromatic heterocycles. The molecule has 0 spiro atoms. The molecule has 1 N–H and O–H groups in total. The highest BCUT2D eigenvalue weighted by molar-refractivity contribution is 7.92. The summed E-state index contributed by atoms with van der Waals surface area (Å²) in [6.07, 6.45) is 0.891. The van der Waals surface area contributed by atoms with Gasteiger partial charge in [-0.05, 0) is 67.8 Å². The molecule has 0 aliphatic carbocycles. The van der Waals surface area contributed by atoms with Gasteiger partial charge in [-0.15, -0.1) is 0 Å². The molecular weight excluding hydrogens is 579 g/mol. The second kappa shape index (κ2) is 14.6. The predicted octanol–water partition coefficient (Wildman–Crippen LogP) is 4.58. The number of methoxy groups -OCH3 is 1. The minimum Gasteiger partial charge on any atom is -0.497 e. The second-order valence-electron chi connectivity index (χ2n) is 9.78. The fraction of sp³-hybridized carbons (Fsp3) is 0.333. The van der Waals surface area contributed by atoms with Gasteiger partial charge in [-0.2, -0.15) is 0 Å². The first kappa shape index (κ1) is 33.0. The van der Waals surface area contributed by atoms with E-state index in [1.165, 1.54) is 79.6 Å². The number of hydrogen-bond acceptors (Lipinski definition) is 7. The normalized spacial score (nSPS) is 11.8. The number of aryl methyl sites for hydroxylation is 1. The second-order valence-corrected chi connectivity index (χ2v) is 11.6. The van der Waals surface area contributed by atoms with E-state index < -0.39 is 50.9 Å². The van der Waals surface area contributed by atoms with Gasteiger partial charge < -0.3 is 15.0 Å². The molecule has 0 unspecified atom stereocenters. The maximum absolute atomic E-state index is 14.0. The van der Waals surface area contributed by atoms with E-state index in [4.69, 9.17) is 4.74 Å². The van der Waals surface area contributed by atoms with Crippen LogP contribution in [0.4, 0.5) is 15.8 Å². The zero-order valence-electron chi connectivity index (χ0n) is 24.4. The Morgan fingerprint density at radius 1 is 1.05 bits per heavy atom. The zero-order valence-corrected chi connectivity index (χ0v) is 25.3. The average Bonchev–Trinajstić information content (AvgIpc) is 2.99. The number of nitro benzene ring substituents is 1. The van der Waals surface area contributed by atoms with Crippen LogP contribution in [0.1, 0.15) is 37.8 Å². The van der Waals surface area contributed by atoms with Crippen LogP contribution in [0.5, 0.6) is 5.75 Å². The van der Waals surface area contributed by atoms with Gasteiger partial charge in [-0.25, -0.2) is 12.8 Å². The Hall–Kier alpha value is -4.52. The molecule has 0 bridgehead atoms. The third-order valence-corrected chi connectivity index (χ3v) is 8.58. The molecule has 0 saturated carbocycles. The summed E-state index contributed by atoms with van der Waals surface area (Å²) in [5.41, 5.74) is 0.510. The van der Waals surface area contributed by atoms with Gasteiger partial charge in [0.25, 0.3) is 15.7 Å². The van der Waals surface area contributed by atoms with Crippen molar-refractivity contribution in [1.82, 2.24) is 10.2 Å². The predicted molar refractivity (Wildman–Crippen MR) is 160 cm³/mol. The van der Waals surface area contributed by atoms with Crippen molar-refractivity contribution < 1.29 is 32.1 Å². The van der Waals surface area contributed by atoms with E-state index in [0.29, 0.717) is 24.3 Å². The van der Waals surface area contributed by atoms with Gasteiger partial charge >= 0.3 is 0 Å². The molecule has 3 aromatic carbocycles. The molecule has 0 heterocycles. The van der Waals surface area contributed by atoms with Gasteiger partial charge in [0, 0.05) is 24.7 Å². The van der Waals surface area contributed by atoms with Crippen LogP contribution in [0.15, 0.2) is 71.6 Å². The van der Waals surface area contributed by atoms with Crippen molar-refractivity contribution in [3.63, 3.8) is 0 Å². The number of sulfonamides is 1. The number of carbonyl (C=O) groups excluding carboxylic acids is 2. The lowest BCUT2D eigenvalue weighted by Crippen LogP contribution is -2.52. The van der Waals surface area contributed by atoms with Crippen LogP contribution >= 0.6 is 0 Å². The van der Waals surface area contributed by atoms with Crippen LogP contribution < -0.4 is 14.4 Å². The lowest BCUT2D eigenvalue weighted by atomic mass is 10.1. The molecule has 11 nitrogen and oxygen atoms in total. The van der Waals surface area contributed by atoms with E-state index in [9.17, 15) is 32.5 Å². The number of nitrogens with zero attached hydrogens (tertiary/aromatic N) is 3. The van der Waals surface area contributed by atoms with Crippen LogP contribution in [0.3, 0.4) is 0 Å². The van der Waals surface area contributed by atoms with Gasteiger partial charge in [-0.3, -0.25) is 24.0 Å². The number of nitro groups is 1. The number of anilines is 1. The Bertz CT molecular complexity index is 1550. The molecule has 230 valence electrons. The van der Waals surface area contributed by atoms with Crippen molar-refractivity contribution >= 4 is 33.2 Å². The van der Waals surface area contributed by atoms with Gasteiger partial charge in [-0.1, -0.05) is 32.0 Å². The molecule has 0 radical (unpaired) electrons. The highest BCUT2D eigenvalue weighted by Gasteiger charge is 2.34. The van der Waals surface area contributed by atoms with E-state index in [0.717, 1.165) is 10.4 Å². The van der Waals surface area contributed by atoms with E-state index in [1.54, 1.807) is 6.92 Å². The number of nitrogens with one attached hydrogen (secondary N) is 1. The minimum absolute atomic E-state index is 0.0936. The smallest absolute Gasteiger partial charge is 0.273 e. The van der Waals surface area contributed by atoms with Crippen LogP contribution in [-0.4, -0.2) is 56.3 Å². The topological polar surface area (TPSA) is 139 Å². The summed E-state index contributed by atoms with van der Waals surface area (Å²) in [4.78, 5) is 39.0. The number of carbonyl (C=O) groups is 2. The fourth-order valence-electron chi connectivity index (χ4n) is 4.42. The van der Waals surface area contributed by atoms with Crippen LogP contribution in [0, 0.1) is 22.9 Å². The summed E-state index contributed by atoms with van der Waals surface area (Å²) in [5.74, 6) is -1.15. The first-order chi connectivity index (χ1) is 20.4. The summed E-state index contributed by atoms with van der Waals surface area (Å²) in [7, 11) is -3.09. The number of amides is 2. The molecule has 43 heavy (non-hydrogen) atoms. The molecule has 0 saturated heterocycles. The van der Waals surface area contributed by atoms with Crippen molar-refractivity contribution in [2.45, 2.75) is 51.1 Å². The number of halogens is 1. The number of hydrogen-bond donors (Lipinski definition) is 1. The van der Waals surface area contributed by atoms with Crippen LogP contribution in [-0.2, 0) is 26.2 Å². The number of benzene rings is 3. The monoisotopic (exact) mass is 614 g/mol. The molecule has 1 atom stereocenters. The first-order valence-electron chi connectivity index (χ1n) is 13.7. The lowest BCUT2D eigenvalue weighted by molar-refractivity contribution is -0.385. The molecule has 0 aliphatic heterocycles. The Kier molecular flexibility index (Phi) is 11.2. The zero-order chi connectivity index (χ0) is 31.7. The Labute approximate surface area is 250 Å². The first-order valence-corrected chi connectivity index (χ1v) is 15.1. The molecule has 13 heteroatoms. The van der Waals surface area contributed by atoms with Crippen LogP contribution in [0.2, 0.25) is 0 Å². The summed E-state index contributed by atoms with van der Waals surface area (Å²) in [5, 5.41) is 14.4. The molecule has 2 amide bonds. The SMILES string of the molecule is CCCNC(=O)[C@H](CC)N(Cc1ccc(F)cc1)C(=O)CN(c1ccc(OC)cc1)S(=O)(=O)c1ccc(C)c([N+](=O)[O-])c1. The summed E-state index contributed by atoms with van der Waals surface area (Å²) >= 11 is 0. The average molecular weight is 615 g/mol. The summed E-state index contributed by atoms with van der Waals surface area (Å²) in [6, 6.07) is 13.9. The highest BCUT2D eigenvalue weighted by Crippen LogP contribution is 2.29. The quantitative estimate of drug-likeness (QED) is 0.207. The highest BCUT2D eigenvalue weighted by atomic mass is 32.2. The Balaban J connectivity index is 2.11. The maximum atomic E-state index is 14.0. The van der Waals surface area contributed by atoms with Crippen molar-refractivity contribution in [2.24, 2.45) is 0 Å². The van der Waals surface area contributed by atoms with Crippen molar-refractivity contribution in [3.05, 3.63) is 93.8 Å². The van der Waals surface area contributed by atoms with E-state index in [1.807, 2.05) is 6.92 Å². The van der Waals surface area contributed by atoms with Gasteiger partial charge in [0.2, 0.25) is 11.8 Å². The molecule has 3 aromatic rings. The standard InChI is InChI=1S/C30H35FN4O7S/c1-5-17-32-30(37)27(6-2)33(19-22-8-10-23(31)11-9-22)29(36)20-34(24-12-14-25(42-4)15-13-24)43(40,41)26-16-7-21(3)28(18-26)35(38)39/h7-16,18,27H,5-6,17,19-20H2,1-4H3,(H,32,37)/t27-/m0/s1.